The minimum absolute atomic E-state index is 0.884. The summed E-state index contributed by atoms with van der Waals surface area (Å²) in [5.74, 6) is 1.83. The summed E-state index contributed by atoms with van der Waals surface area (Å²) in [6.45, 7) is 0. The summed E-state index contributed by atoms with van der Waals surface area (Å²) in [7, 11) is 0. The van der Waals surface area contributed by atoms with Crippen LogP contribution in [0.4, 0.5) is 5.82 Å². The Balaban J connectivity index is 2.54. The van der Waals surface area contributed by atoms with E-state index < -0.39 is 0 Å². The van der Waals surface area contributed by atoms with E-state index in [0.29, 0.717) is 0 Å². The van der Waals surface area contributed by atoms with Gasteiger partial charge in [-0.05, 0) is 11.9 Å². The number of aromatic nitrogens is 3. The molecule has 0 spiro atoms. The van der Waals surface area contributed by atoms with Crippen molar-refractivity contribution in [1.29, 1.82) is 0 Å². The van der Waals surface area contributed by atoms with E-state index in [0.717, 1.165) is 17.3 Å². The van der Waals surface area contributed by atoms with E-state index in [4.69, 9.17) is 0 Å². The van der Waals surface area contributed by atoms with Crippen LogP contribution in [0.25, 0.3) is 0 Å². The fourth-order valence-corrected chi connectivity index (χ4v) is 1.33. The van der Waals surface area contributed by atoms with Crippen molar-refractivity contribution in [3.05, 3.63) is 5.69 Å². The third kappa shape index (κ3) is 0.416. The number of nitrogens with one attached hydrogen (secondary N) is 2. The lowest BCUT2D eigenvalue weighted by molar-refractivity contribution is 0.926. The van der Waals surface area contributed by atoms with Crippen molar-refractivity contribution >= 4 is 17.8 Å². The Bertz CT molecular complexity index is 176. The zero-order chi connectivity index (χ0) is 5.40. The second kappa shape index (κ2) is 1.38. The third-order valence-electron chi connectivity index (χ3n) is 1.01. The van der Waals surface area contributed by atoms with Crippen LogP contribution in [0.2, 0.25) is 0 Å². The van der Waals surface area contributed by atoms with Gasteiger partial charge in [-0.2, -0.15) is 0 Å². The molecule has 1 aromatic rings. The van der Waals surface area contributed by atoms with Crippen molar-refractivity contribution < 1.29 is 0 Å². The second-order valence-corrected chi connectivity index (χ2v) is 2.31. The first kappa shape index (κ1) is 4.20. The summed E-state index contributed by atoms with van der Waals surface area (Å²) in [6.07, 6.45) is 0. The molecule has 1 aliphatic heterocycles. The first-order chi connectivity index (χ1) is 3.97. The number of rotatable bonds is 0. The first-order valence-electron chi connectivity index (χ1n) is 2.24. The molecule has 0 atom stereocenters. The van der Waals surface area contributed by atoms with Crippen LogP contribution in [0.5, 0.6) is 0 Å². The summed E-state index contributed by atoms with van der Waals surface area (Å²) in [5, 5.41) is 10.1. The Morgan fingerprint density at radius 2 is 2.62 bits per heavy atom. The molecule has 2 rings (SSSR count). The van der Waals surface area contributed by atoms with Gasteiger partial charge in [-0.3, -0.25) is 5.10 Å². The highest BCUT2D eigenvalue weighted by atomic mass is 32.2. The number of aromatic amines is 1. The van der Waals surface area contributed by atoms with Gasteiger partial charge in [-0.1, -0.05) is 5.21 Å². The Kier molecular flexibility index (Phi) is 0.724. The van der Waals surface area contributed by atoms with Gasteiger partial charge >= 0.3 is 0 Å². The van der Waals surface area contributed by atoms with Crippen LogP contribution >= 0.6 is 11.9 Å². The molecule has 5 heteroatoms. The molecule has 0 radical (unpaired) electrons. The standard InChI is InChI=1S/C3H4N4S/c1-2-3(6-8-1)5-7-4-2/h1H2,(H2,4,5,6,7). The molecule has 0 fully saturated rings. The minimum Gasteiger partial charge on any atom is -0.311 e. The van der Waals surface area contributed by atoms with Crippen LogP contribution in [0.15, 0.2) is 0 Å². The monoisotopic (exact) mass is 128 g/mol. The van der Waals surface area contributed by atoms with Crippen molar-refractivity contribution in [3.63, 3.8) is 0 Å². The number of nitrogens with zero attached hydrogens (tertiary/aromatic N) is 2. The molecule has 2 N–H and O–H groups in total. The number of hydrogen-bond acceptors (Lipinski definition) is 4. The van der Waals surface area contributed by atoms with Gasteiger partial charge in [0.1, 0.15) is 0 Å². The Morgan fingerprint density at radius 3 is 3.50 bits per heavy atom. The normalized spacial score (nSPS) is 15.5. The Labute approximate surface area is 50.2 Å². The quantitative estimate of drug-likeness (QED) is 0.496. The van der Waals surface area contributed by atoms with Crippen molar-refractivity contribution in [2.24, 2.45) is 0 Å². The van der Waals surface area contributed by atoms with Gasteiger partial charge in [0, 0.05) is 0 Å². The number of H-pyrrole nitrogens is 1. The van der Waals surface area contributed by atoms with Crippen LogP contribution < -0.4 is 4.72 Å². The van der Waals surface area contributed by atoms with Crippen molar-refractivity contribution in [2.45, 2.75) is 5.75 Å². The van der Waals surface area contributed by atoms with Crippen molar-refractivity contribution in [2.75, 3.05) is 4.72 Å². The van der Waals surface area contributed by atoms with Gasteiger partial charge in [-0.25, -0.2) is 0 Å². The number of hydrogen-bond donors (Lipinski definition) is 2. The molecule has 0 saturated carbocycles. The molecule has 8 heavy (non-hydrogen) atoms. The zero-order valence-electron chi connectivity index (χ0n) is 4.01. The lowest BCUT2D eigenvalue weighted by Gasteiger charge is -1.81. The summed E-state index contributed by atoms with van der Waals surface area (Å²) < 4.78 is 2.99. The first-order valence-corrected chi connectivity index (χ1v) is 3.23. The van der Waals surface area contributed by atoms with E-state index in [9.17, 15) is 0 Å². The molecule has 1 aromatic heterocycles. The second-order valence-electron chi connectivity index (χ2n) is 1.53. The molecule has 0 aliphatic carbocycles. The molecule has 4 nitrogen and oxygen atoms in total. The van der Waals surface area contributed by atoms with Gasteiger partial charge in [0.25, 0.3) is 0 Å². The largest absolute Gasteiger partial charge is 0.311 e. The maximum Gasteiger partial charge on any atom is 0.182 e. The summed E-state index contributed by atoms with van der Waals surface area (Å²) in [4.78, 5) is 0. The molecule has 0 amide bonds. The highest BCUT2D eigenvalue weighted by molar-refractivity contribution is 8.00. The fourth-order valence-electron chi connectivity index (χ4n) is 0.608. The number of fused-ring (bicyclic) bond motifs is 1. The van der Waals surface area contributed by atoms with Crippen LogP contribution in [0.1, 0.15) is 5.69 Å². The van der Waals surface area contributed by atoms with Gasteiger partial charge in [0.05, 0.1) is 11.4 Å². The van der Waals surface area contributed by atoms with Crippen molar-refractivity contribution in [3.8, 4) is 0 Å². The van der Waals surface area contributed by atoms with E-state index >= 15 is 0 Å². The van der Waals surface area contributed by atoms with E-state index in [1.54, 1.807) is 11.9 Å². The summed E-state index contributed by atoms with van der Waals surface area (Å²) >= 11 is 1.63. The van der Waals surface area contributed by atoms with E-state index in [1.807, 2.05) is 0 Å². The van der Waals surface area contributed by atoms with E-state index in [-0.39, 0.29) is 0 Å². The smallest absolute Gasteiger partial charge is 0.182 e. The Morgan fingerprint density at radius 1 is 1.62 bits per heavy atom. The van der Waals surface area contributed by atoms with Crippen LogP contribution in [0.3, 0.4) is 0 Å². The van der Waals surface area contributed by atoms with Gasteiger partial charge < -0.3 is 4.72 Å². The highest BCUT2D eigenvalue weighted by Crippen LogP contribution is 2.25. The molecule has 42 valence electrons. The molecule has 0 unspecified atom stereocenters. The van der Waals surface area contributed by atoms with E-state index in [1.165, 1.54) is 0 Å². The van der Waals surface area contributed by atoms with E-state index in [2.05, 4.69) is 20.1 Å². The van der Waals surface area contributed by atoms with Gasteiger partial charge in [0.15, 0.2) is 5.82 Å². The lowest BCUT2D eigenvalue weighted by Crippen LogP contribution is -1.78. The topological polar surface area (TPSA) is 53.6 Å². The highest BCUT2D eigenvalue weighted by Gasteiger charge is 2.12. The third-order valence-corrected chi connectivity index (χ3v) is 1.78. The zero-order valence-corrected chi connectivity index (χ0v) is 4.83. The average molecular weight is 128 g/mol. The fraction of sp³-hybridized carbons (Fsp3) is 0.333. The van der Waals surface area contributed by atoms with Crippen LogP contribution in [-0.4, -0.2) is 15.4 Å². The molecular weight excluding hydrogens is 124 g/mol. The number of anilines is 1. The van der Waals surface area contributed by atoms with Crippen molar-refractivity contribution in [1.82, 2.24) is 15.4 Å². The molecule has 0 aromatic carbocycles. The maximum atomic E-state index is 3.76. The molecule has 0 bridgehead atoms. The predicted molar refractivity (Wildman–Crippen MR) is 31.3 cm³/mol. The van der Waals surface area contributed by atoms with Gasteiger partial charge in [-0.15, -0.1) is 5.10 Å². The molecule has 2 heterocycles. The minimum atomic E-state index is 0.884. The average Bonchev–Trinajstić information content (AvgIpc) is 2.15. The summed E-state index contributed by atoms with van der Waals surface area (Å²) in [6, 6.07) is 0. The SMILES string of the molecule is C1SNc2nn[nH]c21. The molecular formula is C3H4N4S. The van der Waals surface area contributed by atoms with Crippen LogP contribution in [0, 0.1) is 0 Å². The maximum absolute atomic E-state index is 3.76. The molecule has 0 saturated heterocycles. The predicted octanol–water partition coefficient (Wildman–Crippen LogP) is 0.378. The van der Waals surface area contributed by atoms with Crippen LogP contribution in [-0.2, 0) is 5.75 Å². The Hall–Kier alpha value is -0.710. The molecule has 1 aliphatic rings. The lowest BCUT2D eigenvalue weighted by atomic mass is 10.5. The van der Waals surface area contributed by atoms with Gasteiger partial charge in [0.2, 0.25) is 0 Å². The summed E-state index contributed by atoms with van der Waals surface area (Å²) in [5.41, 5.74) is 1.09.